The predicted octanol–water partition coefficient (Wildman–Crippen LogP) is 3.43. The van der Waals surface area contributed by atoms with Gasteiger partial charge in [0.25, 0.3) is 0 Å². The summed E-state index contributed by atoms with van der Waals surface area (Å²) in [4.78, 5) is 14.9. The number of fused-ring (bicyclic) bond motifs is 2. The second-order valence-electron chi connectivity index (χ2n) is 6.44. The van der Waals surface area contributed by atoms with Gasteiger partial charge in [-0.05, 0) is 56.8 Å². The second-order valence-corrected chi connectivity index (χ2v) is 6.82. The molecule has 2 bridgehead atoms. The lowest BCUT2D eigenvalue weighted by molar-refractivity contribution is -0.138. The van der Waals surface area contributed by atoms with Crippen LogP contribution in [0.4, 0.5) is 0 Å². The normalized spacial score (nSPS) is 38.6. The van der Waals surface area contributed by atoms with E-state index in [2.05, 4.69) is 4.90 Å². The number of alkyl halides is 1. The van der Waals surface area contributed by atoms with E-state index >= 15 is 0 Å². The minimum atomic E-state index is 0.375. The fourth-order valence-corrected chi connectivity index (χ4v) is 4.65. The molecule has 0 spiro atoms. The summed E-state index contributed by atoms with van der Waals surface area (Å²) in [6.07, 6.45) is 9.75. The molecule has 0 aromatic heterocycles. The molecule has 3 fully saturated rings. The van der Waals surface area contributed by atoms with Crippen molar-refractivity contribution in [3.63, 3.8) is 0 Å². The van der Waals surface area contributed by atoms with Crippen molar-refractivity contribution >= 4 is 17.5 Å². The zero-order chi connectivity index (χ0) is 12.5. The van der Waals surface area contributed by atoms with E-state index < -0.39 is 0 Å². The molecular weight excluding hydrogens is 246 g/mol. The van der Waals surface area contributed by atoms with Gasteiger partial charge in [-0.3, -0.25) is 4.79 Å². The van der Waals surface area contributed by atoms with E-state index in [-0.39, 0.29) is 0 Å². The minimum Gasteiger partial charge on any atom is -0.339 e. The van der Waals surface area contributed by atoms with Crippen LogP contribution in [-0.4, -0.2) is 29.3 Å². The van der Waals surface area contributed by atoms with Gasteiger partial charge in [0, 0.05) is 24.4 Å². The fourth-order valence-electron chi connectivity index (χ4n) is 4.50. The van der Waals surface area contributed by atoms with Gasteiger partial charge in [-0.1, -0.05) is 6.42 Å². The van der Waals surface area contributed by atoms with Crippen molar-refractivity contribution in [1.82, 2.24) is 4.90 Å². The SMILES string of the molecule is O=C(C1CC2CCC1C2)N1CCCC1CCCCl. The molecule has 0 aromatic carbocycles. The van der Waals surface area contributed by atoms with Crippen LogP contribution in [0.5, 0.6) is 0 Å². The third-order valence-corrected chi connectivity index (χ3v) is 5.65. The molecule has 4 unspecified atom stereocenters. The van der Waals surface area contributed by atoms with Crippen LogP contribution in [0.3, 0.4) is 0 Å². The number of hydrogen-bond donors (Lipinski definition) is 0. The molecular formula is C15H24ClNO. The van der Waals surface area contributed by atoms with Gasteiger partial charge in [-0.2, -0.15) is 0 Å². The Labute approximate surface area is 115 Å². The van der Waals surface area contributed by atoms with E-state index in [0.29, 0.717) is 17.9 Å². The molecule has 0 aromatic rings. The first-order valence-corrected chi connectivity index (χ1v) is 8.19. The van der Waals surface area contributed by atoms with Crippen molar-refractivity contribution < 1.29 is 4.79 Å². The molecule has 102 valence electrons. The number of likely N-dealkylation sites (tertiary alicyclic amines) is 1. The summed E-state index contributed by atoms with van der Waals surface area (Å²) in [5.41, 5.74) is 0. The number of carbonyl (C=O) groups is 1. The van der Waals surface area contributed by atoms with Crippen molar-refractivity contribution in [3.8, 4) is 0 Å². The molecule has 2 aliphatic carbocycles. The Balaban J connectivity index is 1.61. The molecule has 1 amide bonds. The van der Waals surface area contributed by atoms with E-state index in [1.807, 2.05) is 0 Å². The third-order valence-electron chi connectivity index (χ3n) is 5.39. The molecule has 1 saturated heterocycles. The lowest BCUT2D eigenvalue weighted by Crippen LogP contribution is -2.41. The van der Waals surface area contributed by atoms with Gasteiger partial charge < -0.3 is 4.90 Å². The summed E-state index contributed by atoms with van der Waals surface area (Å²) in [7, 11) is 0. The summed E-state index contributed by atoms with van der Waals surface area (Å²) in [6, 6.07) is 0.496. The van der Waals surface area contributed by atoms with Crippen LogP contribution >= 0.6 is 11.6 Å². The average Bonchev–Trinajstić information content (AvgIpc) is 3.10. The molecule has 3 rings (SSSR count). The second kappa shape index (κ2) is 5.40. The fraction of sp³-hybridized carbons (Fsp3) is 0.933. The smallest absolute Gasteiger partial charge is 0.226 e. The maximum Gasteiger partial charge on any atom is 0.226 e. The van der Waals surface area contributed by atoms with Gasteiger partial charge in [-0.25, -0.2) is 0 Å². The van der Waals surface area contributed by atoms with Crippen LogP contribution < -0.4 is 0 Å². The third kappa shape index (κ3) is 2.29. The average molecular weight is 270 g/mol. The highest BCUT2D eigenvalue weighted by atomic mass is 35.5. The zero-order valence-corrected chi connectivity index (χ0v) is 11.9. The molecule has 2 nitrogen and oxygen atoms in total. The van der Waals surface area contributed by atoms with E-state index in [0.717, 1.165) is 37.1 Å². The highest BCUT2D eigenvalue weighted by Gasteiger charge is 2.45. The van der Waals surface area contributed by atoms with Gasteiger partial charge in [0.05, 0.1) is 0 Å². The Morgan fingerprint density at radius 1 is 1.22 bits per heavy atom. The Hall–Kier alpha value is -0.240. The molecule has 4 atom stereocenters. The van der Waals surface area contributed by atoms with Gasteiger partial charge in [0.15, 0.2) is 0 Å². The van der Waals surface area contributed by atoms with Gasteiger partial charge in [-0.15, -0.1) is 11.6 Å². The number of hydrogen-bond acceptors (Lipinski definition) is 1. The van der Waals surface area contributed by atoms with Crippen molar-refractivity contribution in [2.45, 2.75) is 57.4 Å². The number of halogens is 1. The Morgan fingerprint density at radius 3 is 2.78 bits per heavy atom. The Morgan fingerprint density at radius 2 is 2.11 bits per heavy atom. The van der Waals surface area contributed by atoms with Crippen LogP contribution in [0.2, 0.25) is 0 Å². The number of nitrogens with zero attached hydrogens (tertiary/aromatic N) is 1. The first kappa shape index (κ1) is 12.8. The molecule has 1 aliphatic heterocycles. The minimum absolute atomic E-state index is 0.375. The number of rotatable bonds is 4. The van der Waals surface area contributed by atoms with E-state index in [1.165, 1.54) is 38.5 Å². The standard InChI is InChI=1S/C15H24ClNO/c16-7-1-3-13-4-2-8-17(13)15(18)14-10-11-5-6-12(14)9-11/h11-14H,1-10H2. The topological polar surface area (TPSA) is 20.3 Å². The summed E-state index contributed by atoms with van der Waals surface area (Å²) >= 11 is 5.78. The van der Waals surface area contributed by atoms with Gasteiger partial charge >= 0.3 is 0 Å². The van der Waals surface area contributed by atoms with Crippen LogP contribution in [0.1, 0.15) is 51.4 Å². The first-order chi connectivity index (χ1) is 8.79. The van der Waals surface area contributed by atoms with Gasteiger partial charge in [0.2, 0.25) is 5.91 Å². The predicted molar refractivity (Wildman–Crippen MR) is 73.6 cm³/mol. The largest absolute Gasteiger partial charge is 0.339 e. The molecule has 0 radical (unpaired) electrons. The summed E-state index contributed by atoms with van der Waals surface area (Å²) < 4.78 is 0. The van der Waals surface area contributed by atoms with Crippen molar-refractivity contribution in [2.75, 3.05) is 12.4 Å². The molecule has 3 aliphatic rings. The molecule has 18 heavy (non-hydrogen) atoms. The Kier molecular flexibility index (Phi) is 3.83. The van der Waals surface area contributed by atoms with Gasteiger partial charge in [0.1, 0.15) is 0 Å². The molecule has 1 heterocycles. The quantitative estimate of drug-likeness (QED) is 0.716. The lowest BCUT2D eigenvalue weighted by Gasteiger charge is -2.30. The first-order valence-electron chi connectivity index (χ1n) is 7.66. The van der Waals surface area contributed by atoms with E-state index in [9.17, 15) is 4.79 Å². The van der Waals surface area contributed by atoms with Crippen LogP contribution in [0.25, 0.3) is 0 Å². The Bertz CT molecular complexity index is 320. The number of carbonyl (C=O) groups excluding carboxylic acids is 1. The lowest BCUT2D eigenvalue weighted by atomic mass is 9.87. The molecule has 2 saturated carbocycles. The monoisotopic (exact) mass is 269 g/mol. The molecule has 3 heteroatoms. The highest BCUT2D eigenvalue weighted by Crippen LogP contribution is 2.49. The van der Waals surface area contributed by atoms with Crippen molar-refractivity contribution in [1.29, 1.82) is 0 Å². The van der Waals surface area contributed by atoms with E-state index in [4.69, 9.17) is 11.6 Å². The maximum atomic E-state index is 12.7. The zero-order valence-electron chi connectivity index (χ0n) is 11.1. The maximum absolute atomic E-state index is 12.7. The highest BCUT2D eigenvalue weighted by molar-refractivity contribution is 6.17. The van der Waals surface area contributed by atoms with Crippen molar-refractivity contribution in [3.05, 3.63) is 0 Å². The van der Waals surface area contributed by atoms with Crippen LogP contribution in [0, 0.1) is 17.8 Å². The number of amides is 1. The summed E-state index contributed by atoms with van der Waals surface area (Å²) in [5, 5.41) is 0. The summed E-state index contributed by atoms with van der Waals surface area (Å²) in [6.45, 7) is 1.000. The van der Waals surface area contributed by atoms with Crippen LogP contribution in [-0.2, 0) is 4.79 Å². The van der Waals surface area contributed by atoms with Crippen molar-refractivity contribution in [2.24, 2.45) is 17.8 Å². The summed E-state index contributed by atoms with van der Waals surface area (Å²) in [5.74, 6) is 3.18. The van der Waals surface area contributed by atoms with E-state index in [1.54, 1.807) is 0 Å². The molecule has 0 N–H and O–H groups in total. The van der Waals surface area contributed by atoms with Crippen LogP contribution in [0.15, 0.2) is 0 Å².